The first kappa shape index (κ1) is 15.8. The zero-order chi connectivity index (χ0) is 16.4. The Labute approximate surface area is 126 Å². The molecule has 2 rings (SSSR count). The van der Waals surface area contributed by atoms with Crippen LogP contribution in [0.5, 0.6) is 0 Å². The molecule has 2 N–H and O–H groups in total. The number of nitrogens with one attached hydrogen (secondary N) is 1. The fourth-order valence-corrected chi connectivity index (χ4v) is 2.20. The third kappa shape index (κ3) is 3.16. The average Bonchev–Trinajstić information content (AvgIpc) is 2.78. The number of hydrogen-bond donors (Lipinski definition) is 2. The highest BCUT2D eigenvalue weighted by Crippen LogP contribution is 2.19. The van der Waals surface area contributed by atoms with E-state index in [1.54, 1.807) is 19.9 Å². The van der Waals surface area contributed by atoms with Gasteiger partial charge in [0.2, 0.25) is 0 Å². The van der Waals surface area contributed by atoms with Crippen molar-refractivity contribution in [2.75, 3.05) is 0 Å². The summed E-state index contributed by atoms with van der Waals surface area (Å²) in [4.78, 5) is 23.6. The van der Waals surface area contributed by atoms with Gasteiger partial charge in [-0.2, -0.15) is 0 Å². The molecule has 0 aliphatic rings. The van der Waals surface area contributed by atoms with Crippen LogP contribution in [0.3, 0.4) is 0 Å². The van der Waals surface area contributed by atoms with E-state index in [2.05, 4.69) is 5.32 Å². The lowest BCUT2D eigenvalue weighted by Gasteiger charge is -2.15. The SMILES string of the molecule is Cc1cc(C(=O)NC(C(=O)O)c2ccc(F)c(C)c2)c(C)o1. The normalized spacial score (nSPS) is 12.0. The van der Waals surface area contributed by atoms with Gasteiger partial charge in [0.05, 0.1) is 5.56 Å². The van der Waals surface area contributed by atoms with E-state index >= 15 is 0 Å². The number of amides is 1. The molecule has 0 fully saturated rings. The van der Waals surface area contributed by atoms with Gasteiger partial charge in [0.15, 0.2) is 6.04 Å². The van der Waals surface area contributed by atoms with Gasteiger partial charge in [0.25, 0.3) is 5.91 Å². The number of hydrogen-bond acceptors (Lipinski definition) is 3. The quantitative estimate of drug-likeness (QED) is 0.910. The smallest absolute Gasteiger partial charge is 0.330 e. The largest absolute Gasteiger partial charge is 0.479 e. The van der Waals surface area contributed by atoms with Crippen molar-refractivity contribution >= 4 is 11.9 Å². The van der Waals surface area contributed by atoms with Crippen molar-refractivity contribution < 1.29 is 23.5 Å². The number of carbonyl (C=O) groups is 2. The predicted molar refractivity (Wildman–Crippen MR) is 77.2 cm³/mol. The van der Waals surface area contributed by atoms with Gasteiger partial charge >= 0.3 is 5.97 Å². The Morgan fingerprint density at radius 2 is 1.91 bits per heavy atom. The van der Waals surface area contributed by atoms with Crippen molar-refractivity contribution in [3.8, 4) is 0 Å². The molecule has 1 amide bonds. The van der Waals surface area contributed by atoms with Crippen LogP contribution >= 0.6 is 0 Å². The van der Waals surface area contributed by atoms with Crippen molar-refractivity contribution in [1.82, 2.24) is 5.32 Å². The molecule has 6 heteroatoms. The molecule has 2 aromatic rings. The van der Waals surface area contributed by atoms with Gasteiger partial charge in [-0.05, 0) is 44.0 Å². The van der Waals surface area contributed by atoms with Gasteiger partial charge in [0.1, 0.15) is 17.3 Å². The first-order valence-electron chi connectivity index (χ1n) is 6.66. The third-order valence-electron chi connectivity index (χ3n) is 3.32. The summed E-state index contributed by atoms with van der Waals surface area (Å²) in [5.74, 6) is -1.23. The molecule has 0 aliphatic heterocycles. The van der Waals surface area contributed by atoms with E-state index in [0.717, 1.165) is 0 Å². The van der Waals surface area contributed by atoms with E-state index in [0.29, 0.717) is 22.6 Å². The van der Waals surface area contributed by atoms with E-state index < -0.39 is 23.7 Å². The highest BCUT2D eigenvalue weighted by Gasteiger charge is 2.25. The van der Waals surface area contributed by atoms with Crippen LogP contribution in [0.15, 0.2) is 28.7 Å². The van der Waals surface area contributed by atoms with Crippen molar-refractivity contribution in [3.05, 3.63) is 58.3 Å². The number of carboxylic acid groups (broad SMARTS) is 1. The van der Waals surface area contributed by atoms with Crippen LogP contribution in [-0.2, 0) is 4.79 Å². The minimum Gasteiger partial charge on any atom is -0.479 e. The molecule has 0 saturated carbocycles. The number of rotatable bonds is 4. The monoisotopic (exact) mass is 305 g/mol. The lowest BCUT2D eigenvalue weighted by molar-refractivity contribution is -0.139. The molecule has 116 valence electrons. The topological polar surface area (TPSA) is 79.5 Å². The molecular formula is C16H16FNO4. The zero-order valence-corrected chi connectivity index (χ0v) is 12.4. The molecule has 22 heavy (non-hydrogen) atoms. The van der Waals surface area contributed by atoms with E-state index in [1.165, 1.54) is 25.1 Å². The van der Waals surface area contributed by atoms with Gasteiger partial charge in [-0.25, -0.2) is 9.18 Å². The summed E-state index contributed by atoms with van der Waals surface area (Å²) in [5.41, 5.74) is 0.897. The highest BCUT2D eigenvalue weighted by atomic mass is 19.1. The first-order valence-corrected chi connectivity index (χ1v) is 6.66. The lowest BCUT2D eigenvalue weighted by Crippen LogP contribution is -2.34. The fraction of sp³-hybridized carbons (Fsp3) is 0.250. The van der Waals surface area contributed by atoms with Crippen molar-refractivity contribution in [1.29, 1.82) is 0 Å². The van der Waals surface area contributed by atoms with Crippen LogP contribution in [-0.4, -0.2) is 17.0 Å². The summed E-state index contributed by atoms with van der Waals surface area (Å²) in [6.45, 7) is 4.85. The second kappa shape index (κ2) is 6.01. The Hall–Kier alpha value is -2.63. The number of carbonyl (C=O) groups excluding carboxylic acids is 1. The Bertz CT molecular complexity index is 736. The second-order valence-electron chi connectivity index (χ2n) is 5.08. The Morgan fingerprint density at radius 3 is 2.41 bits per heavy atom. The molecule has 0 radical (unpaired) electrons. The van der Waals surface area contributed by atoms with Crippen LogP contribution < -0.4 is 5.32 Å². The van der Waals surface area contributed by atoms with Gasteiger partial charge in [-0.15, -0.1) is 0 Å². The van der Waals surface area contributed by atoms with E-state index in [4.69, 9.17) is 4.42 Å². The van der Waals surface area contributed by atoms with Gasteiger partial charge in [-0.1, -0.05) is 12.1 Å². The van der Waals surface area contributed by atoms with Crippen LogP contribution in [0.2, 0.25) is 0 Å². The fourth-order valence-electron chi connectivity index (χ4n) is 2.20. The summed E-state index contributed by atoms with van der Waals surface area (Å²) in [7, 11) is 0. The molecule has 1 aromatic heterocycles. The Kier molecular flexibility index (Phi) is 4.30. The molecule has 0 spiro atoms. The number of carboxylic acids is 1. The van der Waals surface area contributed by atoms with Gasteiger partial charge in [0, 0.05) is 0 Å². The highest BCUT2D eigenvalue weighted by molar-refractivity contribution is 5.97. The standard InChI is InChI=1S/C16H16FNO4/c1-8-6-11(4-5-13(8)17)14(16(20)21)18-15(19)12-7-9(2)22-10(12)3/h4-7,14H,1-3H3,(H,18,19)(H,20,21). The molecule has 1 aromatic carbocycles. The Balaban J connectivity index is 2.29. The van der Waals surface area contributed by atoms with Gasteiger partial charge in [-0.3, -0.25) is 4.79 Å². The number of halogens is 1. The zero-order valence-electron chi connectivity index (χ0n) is 12.4. The molecule has 5 nitrogen and oxygen atoms in total. The summed E-state index contributed by atoms with van der Waals surface area (Å²) in [6.07, 6.45) is 0. The van der Waals surface area contributed by atoms with Crippen LogP contribution in [0.1, 0.15) is 39.0 Å². The summed E-state index contributed by atoms with van der Waals surface area (Å²) >= 11 is 0. The maximum absolute atomic E-state index is 13.3. The summed E-state index contributed by atoms with van der Waals surface area (Å²) in [6, 6.07) is 4.21. The maximum atomic E-state index is 13.3. The maximum Gasteiger partial charge on any atom is 0.330 e. The van der Waals surface area contributed by atoms with E-state index in [-0.39, 0.29) is 5.56 Å². The minimum absolute atomic E-state index is 0.280. The first-order chi connectivity index (χ1) is 10.3. The van der Waals surface area contributed by atoms with Crippen LogP contribution in [0.25, 0.3) is 0 Å². The molecule has 0 saturated heterocycles. The molecular weight excluding hydrogens is 289 g/mol. The van der Waals surface area contributed by atoms with Crippen molar-refractivity contribution in [2.45, 2.75) is 26.8 Å². The van der Waals surface area contributed by atoms with Crippen molar-refractivity contribution in [2.24, 2.45) is 0 Å². The number of aryl methyl sites for hydroxylation is 3. The number of benzene rings is 1. The minimum atomic E-state index is -1.26. The number of furan rings is 1. The van der Waals surface area contributed by atoms with E-state index in [1.807, 2.05) is 0 Å². The molecule has 1 atom stereocenters. The molecule has 0 aliphatic carbocycles. The third-order valence-corrected chi connectivity index (χ3v) is 3.32. The van der Waals surface area contributed by atoms with Crippen LogP contribution in [0.4, 0.5) is 4.39 Å². The van der Waals surface area contributed by atoms with E-state index in [9.17, 15) is 19.1 Å². The average molecular weight is 305 g/mol. The summed E-state index contributed by atoms with van der Waals surface area (Å²) < 4.78 is 18.6. The van der Waals surface area contributed by atoms with Crippen LogP contribution in [0, 0.1) is 26.6 Å². The molecule has 0 bridgehead atoms. The van der Waals surface area contributed by atoms with Gasteiger partial charge < -0.3 is 14.8 Å². The molecule has 1 heterocycles. The second-order valence-corrected chi connectivity index (χ2v) is 5.08. The number of aliphatic carboxylic acids is 1. The lowest BCUT2D eigenvalue weighted by atomic mass is 10.0. The van der Waals surface area contributed by atoms with Crippen molar-refractivity contribution in [3.63, 3.8) is 0 Å². The predicted octanol–water partition coefficient (Wildman–Crippen LogP) is 2.90. The Morgan fingerprint density at radius 1 is 1.23 bits per heavy atom. The summed E-state index contributed by atoms with van der Waals surface area (Å²) in [5, 5.41) is 11.8. The molecule has 1 unspecified atom stereocenters.